The normalized spacial score (nSPS) is 10.8. The van der Waals surface area contributed by atoms with E-state index in [4.69, 9.17) is 4.74 Å². The van der Waals surface area contributed by atoms with Gasteiger partial charge in [-0.3, -0.25) is 4.79 Å². The summed E-state index contributed by atoms with van der Waals surface area (Å²) in [7, 11) is 0. The van der Waals surface area contributed by atoms with Crippen LogP contribution >= 0.6 is 11.3 Å². The second kappa shape index (κ2) is 5.53. The van der Waals surface area contributed by atoms with Gasteiger partial charge in [-0.05, 0) is 26.0 Å². The number of aryl methyl sites for hydroxylation is 1. The molecule has 0 saturated carbocycles. The molecule has 3 rings (SSSR count). The van der Waals surface area contributed by atoms with Crippen molar-refractivity contribution in [1.29, 1.82) is 0 Å². The van der Waals surface area contributed by atoms with Crippen molar-refractivity contribution in [3.63, 3.8) is 0 Å². The lowest BCUT2D eigenvalue weighted by atomic mass is 10.3. The summed E-state index contributed by atoms with van der Waals surface area (Å²) in [6.45, 7) is 4.34. The number of para-hydroxylation sites is 2. The summed E-state index contributed by atoms with van der Waals surface area (Å²) >= 11 is 1.44. The molecule has 1 aromatic carbocycles. The molecule has 0 bridgehead atoms. The Morgan fingerprint density at radius 1 is 1.43 bits per heavy atom. The van der Waals surface area contributed by atoms with Crippen LogP contribution in [0, 0.1) is 6.92 Å². The van der Waals surface area contributed by atoms with E-state index >= 15 is 0 Å². The van der Waals surface area contributed by atoms with E-state index in [-0.39, 0.29) is 5.91 Å². The van der Waals surface area contributed by atoms with Gasteiger partial charge in [0.1, 0.15) is 16.5 Å². The van der Waals surface area contributed by atoms with Crippen LogP contribution in [0.2, 0.25) is 0 Å². The van der Waals surface area contributed by atoms with Crippen molar-refractivity contribution in [3.8, 4) is 5.75 Å². The lowest BCUT2D eigenvalue weighted by Crippen LogP contribution is -2.13. The highest BCUT2D eigenvalue weighted by atomic mass is 32.1. The summed E-state index contributed by atoms with van der Waals surface area (Å²) in [6, 6.07) is 7.31. The van der Waals surface area contributed by atoms with Crippen LogP contribution in [0.15, 0.2) is 30.5 Å². The highest BCUT2D eigenvalue weighted by Crippen LogP contribution is 2.24. The molecule has 0 unspecified atom stereocenters. The number of fused-ring (bicyclic) bond motifs is 1. The number of ether oxygens (including phenoxy) is 1. The number of benzene rings is 1. The number of nitrogens with one attached hydrogen (secondary N) is 1. The SMILES string of the molecule is CCOc1ccccc1NC(=O)c1cn2nc(C)sc2n1. The van der Waals surface area contributed by atoms with E-state index in [1.54, 1.807) is 16.8 Å². The molecule has 0 atom stereocenters. The number of carbonyl (C=O) groups excluding carboxylic acids is 1. The first-order valence-electron chi connectivity index (χ1n) is 6.53. The molecule has 7 heteroatoms. The molecule has 108 valence electrons. The molecular formula is C14H14N4O2S. The van der Waals surface area contributed by atoms with E-state index in [9.17, 15) is 4.79 Å². The first-order chi connectivity index (χ1) is 10.2. The predicted molar refractivity (Wildman–Crippen MR) is 81.2 cm³/mol. The van der Waals surface area contributed by atoms with E-state index in [2.05, 4.69) is 15.4 Å². The van der Waals surface area contributed by atoms with Crippen LogP contribution in [-0.4, -0.2) is 27.1 Å². The number of carbonyl (C=O) groups is 1. The minimum Gasteiger partial charge on any atom is -0.492 e. The topological polar surface area (TPSA) is 68.5 Å². The fraction of sp³-hybridized carbons (Fsp3) is 0.214. The number of amides is 1. The molecule has 2 aromatic heterocycles. The molecule has 1 N–H and O–H groups in total. The summed E-state index contributed by atoms with van der Waals surface area (Å²) in [5.74, 6) is 0.362. The maximum atomic E-state index is 12.3. The summed E-state index contributed by atoms with van der Waals surface area (Å²) in [5.41, 5.74) is 0.963. The molecule has 0 spiro atoms. The van der Waals surface area contributed by atoms with Crippen molar-refractivity contribution in [3.05, 3.63) is 41.2 Å². The van der Waals surface area contributed by atoms with Gasteiger partial charge < -0.3 is 10.1 Å². The molecule has 0 aliphatic rings. The second-order valence-corrected chi connectivity index (χ2v) is 5.52. The third kappa shape index (κ3) is 2.73. The number of hydrogen-bond acceptors (Lipinski definition) is 5. The van der Waals surface area contributed by atoms with Crippen molar-refractivity contribution >= 4 is 27.9 Å². The minimum absolute atomic E-state index is 0.280. The third-order valence-electron chi connectivity index (χ3n) is 2.81. The van der Waals surface area contributed by atoms with Gasteiger partial charge in [0.15, 0.2) is 0 Å². The molecule has 3 aromatic rings. The van der Waals surface area contributed by atoms with Gasteiger partial charge in [0.05, 0.1) is 18.5 Å². The highest BCUT2D eigenvalue weighted by Gasteiger charge is 2.14. The summed E-state index contributed by atoms with van der Waals surface area (Å²) < 4.78 is 7.10. The van der Waals surface area contributed by atoms with Gasteiger partial charge >= 0.3 is 0 Å². The molecule has 6 nitrogen and oxygen atoms in total. The van der Waals surface area contributed by atoms with Crippen LogP contribution in [-0.2, 0) is 0 Å². The first kappa shape index (κ1) is 13.6. The number of nitrogens with zero attached hydrogens (tertiary/aromatic N) is 3. The van der Waals surface area contributed by atoms with Crippen molar-refractivity contribution in [2.45, 2.75) is 13.8 Å². The van der Waals surface area contributed by atoms with Gasteiger partial charge in [-0.1, -0.05) is 23.5 Å². The van der Waals surface area contributed by atoms with E-state index in [0.717, 1.165) is 5.01 Å². The maximum absolute atomic E-state index is 12.3. The van der Waals surface area contributed by atoms with Crippen LogP contribution in [0.25, 0.3) is 4.96 Å². The lowest BCUT2D eigenvalue weighted by molar-refractivity contribution is 0.102. The summed E-state index contributed by atoms with van der Waals surface area (Å²) in [6.07, 6.45) is 1.62. The van der Waals surface area contributed by atoms with Gasteiger partial charge in [-0.15, -0.1) is 0 Å². The Balaban J connectivity index is 1.84. The molecule has 0 saturated heterocycles. The van der Waals surface area contributed by atoms with Gasteiger partial charge in [-0.25, -0.2) is 9.50 Å². The first-order valence-corrected chi connectivity index (χ1v) is 7.35. The fourth-order valence-corrected chi connectivity index (χ4v) is 2.67. The quantitative estimate of drug-likeness (QED) is 0.804. The molecule has 21 heavy (non-hydrogen) atoms. The minimum atomic E-state index is -0.280. The Labute approximate surface area is 125 Å². The van der Waals surface area contributed by atoms with Crippen molar-refractivity contribution in [2.24, 2.45) is 0 Å². The summed E-state index contributed by atoms with van der Waals surface area (Å²) in [5, 5.41) is 7.96. The Bertz CT molecular complexity index is 762. The Morgan fingerprint density at radius 2 is 2.24 bits per heavy atom. The number of rotatable bonds is 4. The monoisotopic (exact) mass is 302 g/mol. The molecular weight excluding hydrogens is 288 g/mol. The average molecular weight is 302 g/mol. The van der Waals surface area contributed by atoms with Crippen LogP contribution in [0.1, 0.15) is 22.4 Å². The fourth-order valence-electron chi connectivity index (χ4n) is 1.95. The Kier molecular flexibility index (Phi) is 3.57. The van der Waals surface area contributed by atoms with E-state index < -0.39 is 0 Å². The zero-order chi connectivity index (χ0) is 14.8. The molecule has 0 aliphatic heterocycles. The molecule has 0 fully saturated rings. The Morgan fingerprint density at radius 3 is 3.00 bits per heavy atom. The van der Waals surface area contributed by atoms with Crippen LogP contribution < -0.4 is 10.1 Å². The predicted octanol–water partition coefficient (Wildman–Crippen LogP) is 2.75. The molecule has 1 amide bonds. The second-order valence-electron chi connectivity index (χ2n) is 4.36. The maximum Gasteiger partial charge on any atom is 0.276 e. The van der Waals surface area contributed by atoms with Crippen LogP contribution in [0.5, 0.6) is 5.75 Å². The zero-order valence-electron chi connectivity index (χ0n) is 11.7. The number of anilines is 1. The third-order valence-corrected chi connectivity index (χ3v) is 3.65. The lowest BCUT2D eigenvalue weighted by Gasteiger charge is -2.10. The van der Waals surface area contributed by atoms with Gasteiger partial charge in [0, 0.05) is 0 Å². The molecule has 0 aliphatic carbocycles. The smallest absolute Gasteiger partial charge is 0.276 e. The zero-order valence-corrected chi connectivity index (χ0v) is 12.5. The Hall–Kier alpha value is -2.41. The largest absolute Gasteiger partial charge is 0.492 e. The van der Waals surface area contributed by atoms with Gasteiger partial charge in [-0.2, -0.15) is 5.10 Å². The molecule has 0 radical (unpaired) electrons. The van der Waals surface area contributed by atoms with Crippen molar-refractivity contribution in [2.75, 3.05) is 11.9 Å². The average Bonchev–Trinajstić information content (AvgIpc) is 2.98. The number of aromatic nitrogens is 3. The van der Waals surface area contributed by atoms with Crippen molar-refractivity contribution < 1.29 is 9.53 Å². The van der Waals surface area contributed by atoms with E-state index in [0.29, 0.717) is 28.7 Å². The number of hydrogen-bond donors (Lipinski definition) is 1. The summed E-state index contributed by atoms with van der Waals surface area (Å²) in [4.78, 5) is 17.2. The van der Waals surface area contributed by atoms with Crippen LogP contribution in [0.4, 0.5) is 5.69 Å². The standard InChI is InChI=1S/C14H14N4O2S/c1-3-20-12-7-5-4-6-10(12)15-13(19)11-8-18-14(16-11)21-9(2)17-18/h4-8H,3H2,1-2H3,(H,15,19). The van der Waals surface area contributed by atoms with E-state index in [1.807, 2.05) is 32.0 Å². The van der Waals surface area contributed by atoms with Gasteiger partial charge in [0.2, 0.25) is 4.96 Å². The van der Waals surface area contributed by atoms with Crippen LogP contribution in [0.3, 0.4) is 0 Å². The highest BCUT2D eigenvalue weighted by molar-refractivity contribution is 7.16. The molecule has 2 heterocycles. The van der Waals surface area contributed by atoms with Crippen molar-refractivity contribution in [1.82, 2.24) is 14.6 Å². The van der Waals surface area contributed by atoms with E-state index in [1.165, 1.54) is 11.3 Å². The number of imidazole rings is 1. The van der Waals surface area contributed by atoms with Gasteiger partial charge in [0.25, 0.3) is 5.91 Å².